The number of carbonyl (C=O) groups excluding carboxylic acids is 1. The molecule has 0 bridgehead atoms. The normalized spacial score (nSPS) is 11.2. The Bertz CT molecular complexity index is 1550. The van der Waals surface area contributed by atoms with Crippen LogP contribution in [0.25, 0.3) is 21.9 Å². The van der Waals surface area contributed by atoms with Crippen molar-refractivity contribution >= 4 is 33.5 Å². The van der Waals surface area contributed by atoms with Gasteiger partial charge in [0.25, 0.3) is 5.56 Å². The van der Waals surface area contributed by atoms with Crippen LogP contribution in [0.2, 0.25) is 0 Å². The van der Waals surface area contributed by atoms with Crippen LogP contribution in [0.1, 0.15) is 16.7 Å². The van der Waals surface area contributed by atoms with Crippen LogP contribution < -0.4 is 10.9 Å². The lowest BCUT2D eigenvalue weighted by atomic mass is 10.1. The van der Waals surface area contributed by atoms with Gasteiger partial charge in [-0.15, -0.1) is 0 Å². The summed E-state index contributed by atoms with van der Waals surface area (Å²) < 4.78 is 3.37. The highest BCUT2D eigenvalue weighted by Crippen LogP contribution is 2.25. The molecule has 2 heterocycles. The summed E-state index contributed by atoms with van der Waals surface area (Å²) >= 11 is 0. The quantitative estimate of drug-likeness (QED) is 0.436. The average molecular weight is 437 g/mol. The number of rotatable bonds is 5. The van der Waals surface area contributed by atoms with Crippen LogP contribution in [0.3, 0.4) is 0 Å². The van der Waals surface area contributed by atoms with Crippen molar-refractivity contribution in [2.45, 2.75) is 26.9 Å². The van der Waals surface area contributed by atoms with Crippen molar-refractivity contribution in [2.24, 2.45) is 0 Å². The van der Waals surface area contributed by atoms with Crippen LogP contribution >= 0.6 is 0 Å². The lowest BCUT2D eigenvalue weighted by Gasteiger charge is -2.11. The zero-order valence-corrected chi connectivity index (χ0v) is 18.6. The molecule has 0 spiro atoms. The molecule has 0 aliphatic carbocycles. The van der Waals surface area contributed by atoms with E-state index in [9.17, 15) is 9.59 Å². The molecule has 0 atom stereocenters. The minimum Gasteiger partial charge on any atom is -0.325 e. The van der Waals surface area contributed by atoms with Gasteiger partial charge in [-0.2, -0.15) is 0 Å². The Morgan fingerprint density at radius 2 is 1.70 bits per heavy atom. The average Bonchev–Trinajstić information content (AvgIpc) is 3.13. The molecule has 0 aliphatic rings. The van der Waals surface area contributed by atoms with Gasteiger partial charge in [0.1, 0.15) is 17.6 Å². The number of hydrogen-bond donors (Lipinski definition) is 1. The van der Waals surface area contributed by atoms with Crippen molar-refractivity contribution in [1.82, 2.24) is 14.1 Å². The Hall–Kier alpha value is -4.19. The van der Waals surface area contributed by atoms with Gasteiger partial charge < -0.3 is 9.88 Å². The standard InChI is InChI=1S/C27H24N4O2/c1-18-12-13-21(14-19(18)2)29-24(32)16-31-23-11-7-6-10-22(23)25-26(31)27(33)30(17-28-25)15-20-8-4-3-5-9-20/h3-14,17H,15-16H2,1-2H3,(H,29,32). The minimum absolute atomic E-state index is 0.0171. The van der Waals surface area contributed by atoms with E-state index in [2.05, 4.69) is 10.3 Å². The van der Waals surface area contributed by atoms with Gasteiger partial charge in [0.2, 0.25) is 5.91 Å². The predicted octanol–water partition coefficient (Wildman–Crippen LogP) is 4.66. The van der Waals surface area contributed by atoms with E-state index in [4.69, 9.17) is 0 Å². The maximum Gasteiger partial charge on any atom is 0.278 e. The Labute approximate surface area is 191 Å². The zero-order chi connectivity index (χ0) is 22.9. The third-order valence-corrected chi connectivity index (χ3v) is 6.02. The number of nitrogens with one attached hydrogen (secondary N) is 1. The summed E-state index contributed by atoms with van der Waals surface area (Å²) in [4.78, 5) is 31.1. The van der Waals surface area contributed by atoms with E-state index in [1.54, 1.807) is 15.5 Å². The lowest BCUT2D eigenvalue weighted by Crippen LogP contribution is -2.25. The zero-order valence-electron chi connectivity index (χ0n) is 18.6. The molecule has 164 valence electrons. The van der Waals surface area contributed by atoms with Crippen LogP contribution in [0.15, 0.2) is 83.9 Å². The first-order valence-electron chi connectivity index (χ1n) is 10.9. The third-order valence-electron chi connectivity index (χ3n) is 6.02. The fourth-order valence-electron chi connectivity index (χ4n) is 4.17. The number of nitrogens with zero attached hydrogens (tertiary/aromatic N) is 3. The number of para-hydroxylation sites is 1. The molecular weight excluding hydrogens is 412 g/mol. The van der Waals surface area contributed by atoms with Crippen molar-refractivity contribution in [3.05, 3.63) is 106 Å². The molecule has 0 fully saturated rings. The number of benzene rings is 3. The van der Waals surface area contributed by atoms with Crippen molar-refractivity contribution in [3.63, 3.8) is 0 Å². The van der Waals surface area contributed by atoms with Crippen LogP contribution in [-0.2, 0) is 17.9 Å². The van der Waals surface area contributed by atoms with Crippen LogP contribution in [-0.4, -0.2) is 20.0 Å². The van der Waals surface area contributed by atoms with Crippen molar-refractivity contribution in [2.75, 3.05) is 5.32 Å². The summed E-state index contributed by atoms with van der Waals surface area (Å²) in [5.41, 5.74) is 5.71. The molecular formula is C27H24N4O2. The van der Waals surface area contributed by atoms with Crippen molar-refractivity contribution in [3.8, 4) is 0 Å². The summed E-state index contributed by atoms with van der Waals surface area (Å²) in [6.45, 7) is 4.48. The molecule has 0 aliphatic heterocycles. The highest BCUT2D eigenvalue weighted by atomic mass is 16.2. The Morgan fingerprint density at radius 1 is 0.939 bits per heavy atom. The van der Waals surface area contributed by atoms with Gasteiger partial charge in [-0.25, -0.2) is 4.98 Å². The molecule has 2 aromatic heterocycles. The number of hydrogen-bond acceptors (Lipinski definition) is 3. The summed E-state index contributed by atoms with van der Waals surface area (Å²) in [5.74, 6) is -0.196. The van der Waals surface area contributed by atoms with Gasteiger partial charge in [-0.1, -0.05) is 54.6 Å². The SMILES string of the molecule is Cc1ccc(NC(=O)Cn2c3ccccc3c3ncn(Cc4ccccc4)c(=O)c32)cc1C. The first-order valence-corrected chi connectivity index (χ1v) is 10.9. The number of carbonyl (C=O) groups is 1. The molecule has 1 N–H and O–H groups in total. The monoisotopic (exact) mass is 436 g/mol. The second kappa shape index (κ2) is 8.39. The van der Waals surface area contributed by atoms with E-state index in [0.717, 1.165) is 27.7 Å². The number of amides is 1. The molecule has 6 heteroatoms. The van der Waals surface area contributed by atoms with Gasteiger partial charge in [0.05, 0.1) is 18.4 Å². The first-order chi connectivity index (χ1) is 16.0. The summed E-state index contributed by atoms with van der Waals surface area (Å²) in [6.07, 6.45) is 1.59. The molecule has 0 saturated carbocycles. The second-order valence-electron chi connectivity index (χ2n) is 8.31. The van der Waals surface area contributed by atoms with E-state index in [1.165, 1.54) is 5.56 Å². The maximum absolute atomic E-state index is 13.5. The van der Waals surface area contributed by atoms with Gasteiger partial charge in [0.15, 0.2) is 0 Å². The predicted molar refractivity (Wildman–Crippen MR) is 132 cm³/mol. The first kappa shape index (κ1) is 20.7. The molecule has 0 radical (unpaired) electrons. The molecule has 33 heavy (non-hydrogen) atoms. The van der Waals surface area contributed by atoms with Gasteiger partial charge >= 0.3 is 0 Å². The number of aromatic nitrogens is 3. The van der Waals surface area contributed by atoms with Crippen molar-refractivity contribution < 1.29 is 4.79 Å². The molecule has 5 rings (SSSR count). The van der Waals surface area contributed by atoms with E-state index in [0.29, 0.717) is 17.6 Å². The largest absolute Gasteiger partial charge is 0.325 e. The van der Waals surface area contributed by atoms with Gasteiger partial charge in [-0.3, -0.25) is 14.2 Å². The summed E-state index contributed by atoms with van der Waals surface area (Å²) in [6, 6.07) is 23.3. The number of anilines is 1. The molecule has 0 unspecified atom stereocenters. The number of fused-ring (bicyclic) bond motifs is 3. The molecule has 3 aromatic carbocycles. The fraction of sp³-hybridized carbons (Fsp3) is 0.148. The molecule has 6 nitrogen and oxygen atoms in total. The van der Waals surface area contributed by atoms with Crippen molar-refractivity contribution in [1.29, 1.82) is 0 Å². The van der Waals surface area contributed by atoms with Gasteiger partial charge in [0, 0.05) is 11.1 Å². The Morgan fingerprint density at radius 3 is 2.48 bits per heavy atom. The molecule has 1 amide bonds. The number of aryl methyl sites for hydroxylation is 2. The fourth-order valence-corrected chi connectivity index (χ4v) is 4.17. The summed E-state index contributed by atoms with van der Waals surface area (Å²) in [7, 11) is 0. The second-order valence-corrected chi connectivity index (χ2v) is 8.31. The third kappa shape index (κ3) is 3.91. The van der Waals surface area contributed by atoms with Crippen LogP contribution in [0.5, 0.6) is 0 Å². The van der Waals surface area contributed by atoms with Crippen LogP contribution in [0, 0.1) is 13.8 Å². The van der Waals surface area contributed by atoms with E-state index in [-0.39, 0.29) is 18.0 Å². The minimum atomic E-state index is -0.196. The topological polar surface area (TPSA) is 68.9 Å². The molecule has 5 aromatic rings. The summed E-state index contributed by atoms with van der Waals surface area (Å²) in [5, 5.41) is 3.82. The van der Waals surface area contributed by atoms with E-state index >= 15 is 0 Å². The van der Waals surface area contributed by atoms with E-state index in [1.807, 2.05) is 86.6 Å². The van der Waals surface area contributed by atoms with Crippen LogP contribution in [0.4, 0.5) is 5.69 Å². The highest BCUT2D eigenvalue weighted by Gasteiger charge is 2.18. The lowest BCUT2D eigenvalue weighted by molar-refractivity contribution is -0.116. The van der Waals surface area contributed by atoms with Gasteiger partial charge in [-0.05, 0) is 48.7 Å². The Kier molecular flexibility index (Phi) is 5.26. The molecule has 0 saturated heterocycles. The maximum atomic E-state index is 13.5. The van der Waals surface area contributed by atoms with E-state index < -0.39 is 0 Å². The highest BCUT2D eigenvalue weighted by molar-refractivity contribution is 6.06. The smallest absolute Gasteiger partial charge is 0.278 e. The Balaban J connectivity index is 1.57.